The Bertz CT molecular complexity index is 2400. The highest BCUT2D eigenvalue weighted by Crippen LogP contribution is 2.29. The fourth-order valence-corrected chi connectivity index (χ4v) is 9.84. The van der Waals surface area contributed by atoms with Crippen LogP contribution in [0.15, 0.2) is 122 Å². The molecule has 4 aromatic carbocycles. The summed E-state index contributed by atoms with van der Waals surface area (Å²) in [5, 5.41) is 19.3. The van der Waals surface area contributed by atoms with E-state index in [0.717, 1.165) is 22.3 Å². The van der Waals surface area contributed by atoms with Gasteiger partial charge in [-0.05, 0) is 84.6 Å². The average molecular weight is 975 g/mol. The standard InChI is InChI=1S/2C24H29N3O6S/c2*1-17(24(28)22-13-26-23(33-4)14-25-22)34(29,30)27(15-18-5-9-20(31-2)10-6-18)16-19-7-11-21(32-3)12-8-19/h2*5-14,17,24,28H,15-16H2,1-4H3/t2*17-,24+/m10/s1. The van der Waals surface area contributed by atoms with Crippen LogP contribution < -0.4 is 28.4 Å². The maximum Gasteiger partial charge on any atom is 0.231 e. The number of aromatic nitrogens is 4. The highest BCUT2D eigenvalue weighted by molar-refractivity contribution is 7.90. The molecule has 2 N–H and O–H groups in total. The number of benzene rings is 4. The number of nitrogens with zero attached hydrogens (tertiary/aromatic N) is 6. The van der Waals surface area contributed by atoms with E-state index in [4.69, 9.17) is 28.4 Å². The smallest absolute Gasteiger partial charge is 0.231 e. The first-order chi connectivity index (χ1) is 32.6. The molecule has 0 spiro atoms. The Morgan fingerprint density at radius 3 is 0.853 bits per heavy atom. The topological polar surface area (TPSA) is 222 Å². The van der Waals surface area contributed by atoms with Gasteiger partial charge in [-0.2, -0.15) is 8.61 Å². The van der Waals surface area contributed by atoms with Gasteiger partial charge in [0.1, 0.15) is 45.7 Å². The van der Waals surface area contributed by atoms with Crippen molar-refractivity contribution < 1.29 is 55.5 Å². The number of aliphatic hydroxyl groups is 2. The zero-order valence-corrected chi connectivity index (χ0v) is 40.8. The van der Waals surface area contributed by atoms with Crippen molar-refractivity contribution in [2.45, 2.75) is 62.7 Å². The fourth-order valence-electron chi connectivity index (χ4n) is 6.66. The van der Waals surface area contributed by atoms with Gasteiger partial charge in [0.25, 0.3) is 0 Å². The predicted octanol–water partition coefficient (Wildman–Crippen LogP) is 5.91. The van der Waals surface area contributed by atoms with E-state index in [0.29, 0.717) is 23.0 Å². The van der Waals surface area contributed by atoms with Crippen molar-refractivity contribution in [3.05, 3.63) is 155 Å². The van der Waals surface area contributed by atoms with Crippen LogP contribution in [-0.2, 0) is 46.2 Å². The van der Waals surface area contributed by atoms with E-state index in [2.05, 4.69) is 19.9 Å². The van der Waals surface area contributed by atoms with Crippen molar-refractivity contribution in [3.63, 3.8) is 0 Å². The van der Waals surface area contributed by atoms with E-state index in [1.165, 1.54) is 61.5 Å². The fraction of sp³-hybridized carbons (Fsp3) is 0.333. The lowest BCUT2D eigenvalue weighted by Gasteiger charge is -2.28. The zero-order chi connectivity index (χ0) is 49.4. The molecule has 0 saturated heterocycles. The summed E-state index contributed by atoms with van der Waals surface area (Å²) in [5.41, 5.74) is 3.41. The van der Waals surface area contributed by atoms with Gasteiger partial charge in [0, 0.05) is 26.2 Å². The molecule has 6 aromatic rings. The SMILES string of the molecule is COc1ccc(CN(Cc2ccc(OC)cc2)S(=O)(=O)[C@@H](C)[C@@H](O)c2cnc(OC)cn2)cc1.COc1ccc(CN(Cc2ccc(OC)cc2)S(=O)(=O)[C@H](C)[C@H](O)c2cnc(OC)cn2)cc1. The van der Waals surface area contributed by atoms with Gasteiger partial charge in [0.15, 0.2) is 0 Å². The minimum Gasteiger partial charge on any atom is -0.497 e. The highest BCUT2D eigenvalue weighted by atomic mass is 32.2. The molecule has 2 aromatic heterocycles. The number of sulfonamides is 2. The molecular weight excluding hydrogens is 917 g/mol. The molecule has 6 rings (SSSR count). The van der Waals surface area contributed by atoms with Gasteiger partial charge in [-0.3, -0.25) is 9.97 Å². The Morgan fingerprint density at radius 2 is 0.662 bits per heavy atom. The maximum absolute atomic E-state index is 13.7. The van der Waals surface area contributed by atoms with Crippen LogP contribution in [0.4, 0.5) is 0 Å². The minimum atomic E-state index is -3.97. The first-order valence-electron chi connectivity index (χ1n) is 21.1. The van der Waals surface area contributed by atoms with Gasteiger partial charge in [0.2, 0.25) is 31.8 Å². The second-order valence-electron chi connectivity index (χ2n) is 15.3. The first kappa shape index (κ1) is 52.5. The Morgan fingerprint density at radius 1 is 0.412 bits per heavy atom. The molecular formula is C48H58N6O12S2. The Balaban J connectivity index is 0.000000254. The molecule has 0 saturated carbocycles. The average Bonchev–Trinajstić information content (AvgIpc) is 3.38. The maximum atomic E-state index is 13.7. The minimum absolute atomic E-state index is 0.115. The van der Waals surface area contributed by atoms with Crippen molar-refractivity contribution in [2.24, 2.45) is 0 Å². The summed E-state index contributed by atoms with van der Waals surface area (Å²) in [6, 6.07) is 28.7. The monoisotopic (exact) mass is 974 g/mol. The molecule has 0 radical (unpaired) electrons. The third-order valence-corrected chi connectivity index (χ3v) is 15.3. The number of aliphatic hydroxyl groups excluding tert-OH is 2. The van der Waals surface area contributed by atoms with Crippen molar-refractivity contribution >= 4 is 20.0 Å². The second kappa shape index (κ2) is 24.6. The van der Waals surface area contributed by atoms with E-state index in [1.807, 2.05) is 48.5 Å². The largest absolute Gasteiger partial charge is 0.497 e. The van der Waals surface area contributed by atoms with Crippen LogP contribution in [0.5, 0.6) is 34.8 Å². The van der Waals surface area contributed by atoms with Crippen molar-refractivity contribution in [2.75, 3.05) is 42.7 Å². The van der Waals surface area contributed by atoms with Crippen LogP contribution in [-0.4, -0.2) is 109 Å². The van der Waals surface area contributed by atoms with E-state index < -0.39 is 42.8 Å². The summed E-state index contributed by atoms with van der Waals surface area (Å²) in [5.74, 6) is 3.25. The summed E-state index contributed by atoms with van der Waals surface area (Å²) >= 11 is 0. The van der Waals surface area contributed by atoms with Gasteiger partial charge >= 0.3 is 0 Å². The van der Waals surface area contributed by atoms with Gasteiger partial charge in [-0.25, -0.2) is 26.8 Å². The number of hydrogen-bond donors (Lipinski definition) is 2. The van der Waals surface area contributed by atoms with Gasteiger partial charge < -0.3 is 38.6 Å². The highest BCUT2D eigenvalue weighted by Gasteiger charge is 2.37. The van der Waals surface area contributed by atoms with Crippen LogP contribution in [0.25, 0.3) is 0 Å². The normalized spacial score (nSPS) is 13.4. The quantitative estimate of drug-likeness (QED) is 0.0807. The number of ether oxygens (including phenoxy) is 6. The molecule has 0 bridgehead atoms. The Kier molecular flexibility index (Phi) is 19.0. The molecule has 2 heterocycles. The lowest BCUT2D eigenvalue weighted by molar-refractivity contribution is 0.166. The molecule has 18 nitrogen and oxygen atoms in total. The number of hydrogen-bond acceptors (Lipinski definition) is 16. The van der Waals surface area contributed by atoms with E-state index in [9.17, 15) is 27.0 Å². The van der Waals surface area contributed by atoms with Crippen LogP contribution in [0.2, 0.25) is 0 Å². The number of methoxy groups -OCH3 is 6. The first-order valence-corrected chi connectivity index (χ1v) is 24.1. The van der Waals surface area contributed by atoms with Crippen LogP contribution in [0.1, 0.15) is 59.7 Å². The Labute approximate surface area is 398 Å². The van der Waals surface area contributed by atoms with Crippen molar-refractivity contribution in [3.8, 4) is 34.8 Å². The van der Waals surface area contributed by atoms with E-state index >= 15 is 0 Å². The lowest BCUT2D eigenvalue weighted by atomic mass is 10.2. The van der Waals surface area contributed by atoms with Gasteiger partial charge in [-0.15, -0.1) is 0 Å². The molecule has 0 unspecified atom stereocenters. The Hall–Kier alpha value is -6.42. The van der Waals surface area contributed by atoms with Crippen LogP contribution in [0, 0.1) is 0 Å². The van der Waals surface area contributed by atoms with E-state index in [1.54, 1.807) is 77.0 Å². The summed E-state index contributed by atoms with van der Waals surface area (Å²) in [6.45, 7) is 3.38. The third kappa shape index (κ3) is 13.8. The van der Waals surface area contributed by atoms with E-state index in [-0.39, 0.29) is 49.3 Å². The summed E-state index contributed by atoms with van der Waals surface area (Å²) in [7, 11) is 1.24. The molecule has 364 valence electrons. The molecule has 20 heteroatoms. The summed E-state index contributed by atoms with van der Waals surface area (Å²) < 4.78 is 88.1. The van der Waals surface area contributed by atoms with Crippen molar-refractivity contribution in [1.82, 2.24) is 28.5 Å². The summed E-state index contributed by atoms with van der Waals surface area (Å²) in [6.07, 6.45) is 2.55. The van der Waals surface area contributed by atoms with Crippen LogP contribution in [0.3, 0.4) is 0 Å². The molecule has 0 amide bonds. The lowest BCUT2D eigenvalue weighted by Crippen LogP contribution is -2.39. The molecule has 0 fully saturated rings. The predicted molar refractivity (Wildman–Crippen MR) is 254 cm³/mol. The molecule has 0 aliphatic heterocycles. The molecule has 4 atom stereocenters. The summed E-state index contributed by atoms with van der Waals surface area (Å²) in [4.78, 5) is 16.2. The van der Waals surface area contributed by atoms with Crippen molar-refractivity contribution in [1.29, 1.82) is 0 Å². The molecule has 0 aliphatic rings. The second-order valence-corrected chi connectivity index (χ2v) is 19.9. The van der Waals surface area contributed by atoms with Gasteiger partial charge in [0.05, 0.1) is 78.8 Å². The zero-order valence-electron chi connectivity index (χ0n) is 39.2. The van der Waals surface area contributed by atoms with Crippen LogP contribution >= 0.6 is 0 Å². The molecule has 68 heavy (non-hydrogen) atoms. The van der Waals surface area contributed by atoms with Gasteiger partial charge in [-0.1, -0.05) is 48.5 Å². The molecule has 0 aliphatic carbocycles. The number of rotatable bonds is 22. The third-order valence-electron chi connectivity index (χ3n) is 10.9.